The second kappa shape index (κ2) is 34.6. The molecule has 696 valence electrons. The number of hydrogen-bond donors (Lipinski definition) is 0. The van der Waals surface area contributed by atoms with Crippen LogP contribution < -0.4 is 18.3 Å². The lowest BCUT2D eigenvalue weighted by molar-refractivity contribution is -0.634. The average molecular weight is 1840 g/mol. The van der Waals surface area contributed by atoms with E-state index in [1.54, 1.807) is 19.3 Å². The summed E-state index contributed by atoms with van der Waals surface area (Å²) in [5.74, 6) is 6.03. The molecule has 8 heterocycles. The first-order valence-corrected chi connectivity index (χ1v) is 49.5. The molecule has 0 radical (unpaired) electrons. The van der Waals surface area contributed by atoms with Gasteiger partial charge in [0.1, 0.15) is 22.7 Å². The van der Waals surface area contributed by atoms with Crippen molar-refractivity contribution in [3.63, 3.8) is 0 Å². The van der Waals surface area contributed by atoms with Gasteiger partial charge in [-0.25, -0.2) is 18.3 Å². The summed E-state index contributed by atoms with van der Waals surface area (Å²) < 4.78 is 69.8. The standard InChI is InChI=1S/2C35H38N3.2C29H26N3/c1-21(2)24-13-11-14-25(22(3)4)32(24)38-31-17-10-9-16-30(31)37(8)34(38)27-20-28-26-15-12-18-36-33(26)35(6,7)29(28)19-23(27)5;1-21(2)24-13-11-14-25(22(3)4)32(24)38-31-17-10-9-16-30(31)37(8)34(38)27-20-29-28(19-23(27)5)26-15-12-18-36-33(26)35(29,6)7;1-19-16-17-21-22-13-10-18-30-27(22)29(2,3)26(21)25(19)28-31(4)23-14-8-9-15-24(23)32(28)20-11-6-5-7-12-20;1-19-17-24-23(21-13-10-16-30-27(21)29(24,2)3)18-22(19)28-31(4)25-14-8-9-15-26(25)32(28)20-11-6-5-7-12-20/h2*9-22H,1-8H3;2*5-18H,1-4H3/q4*+1/i6D3;;;2D3. The molecule has 12 heteroatoms. The predicted molar refractivity (Wildman–Crippen MR) is 576 cm³/mol. The highest BCUT2D eigenvalue weighted by Gasteiger charge is 2.47. The molecule has 2 unspecified atom stereocenters. The van der Waals surface area contributed by atoms with Crippen LogP contribution in [0.2, 0.25) is 0 Å². The number of pyridine rings is 4. The van der Waals surface area contributed by atoms with Crippen LogP contribution in [0, 0.1) is 27.7 Å². The van der Waals surface area contributed by atoms with Crippen LogP contribution in [0.5, 0.6) is 0 Å². The number of nitrogens with zero attached hydrogens (tertiary/aromatic N) is 12. The molecule has 20 aromatic rings. The van der Waals surface area contributed by atoms with E-state index >= 15 is 0 Å². The summed E-state index contributed by atoms with van der Waals surface area (Å²) in [7, 11) is 8.63. The molecule has 0 saturated carbocycles. The molecule has 4 aliphatic rings. The summed E-state index contributed by atoms with van der Waals surface area (Å²) in [6.07, 6.45) is 7.24. The van der Waals surface area contributed by atoms with Gasteiger partial charge in [-0.3, -0.25) is 19.9 Å². The number of benzene rings is 12. The fraction of sp³-hybridized carbons (Fsp3) is 0.250. The Kier molecular flexibility index (Phi) is 20.9. The van der Waals surface area contributed by atoms with E-state index in [9.17, 15) is 0 Å². The van der Waals surface area contributed by atoms with Gasteiger partial charge < -0.3 is 0 Å². The summed E-state index contributed by atoms with van der Waals surface area (Å²) in [6, 6.07) is 103. The third-order valence-corrected chi connectivity index (χ3v) is 30.6. The monoisotopic (exact) mass is 1840 g/mol. The third-order valence-electron chi connectivity index (χ3n) is 30.6. The Morgan fingerprint density at radius 2 is 0.557 bits per heavy atom. The van der Waals surface area contributed by atoms with Crippen molar-refractivity contribution in [1.29, 1.82) is 0 Å². The van der Waals surface area contributed by atoms with Crippen LogP contribution in [0.15, 0.2) is 316 Å². The van der Waals surface area contributed by atoms with Gasteiger partial charge in [-0.05, 0) is 233 Å². The number of aryl methyl sites for hydroxylation is 8. The molecular weight excluding hydrogens is 1710 g/mol. The molecule has 8 aromatic heterocycles. The minimum absolute atomic E-state index is 0.150. The number of rotatable bonds is 12. The number of imidazole rings is 4. The van der Waals surface area contributed by atoms with Crippen LogP contribution in [0.1, 0.15) is 232 Å². The fourth-order valence-corrected chi connectivity index (χ4v) is 23.6. The Morgan fingerprint density at radius 1 is 0.257 bits per heavy atom. The number of hydrogen-bond acceptors (Lipinski definition) is 4. The van der Waals surface area contributed by atoms with Crippen molar-refractivity contribution in [2.75, 3.05) is 0 Å². The van der Waals surface area contributed by atoms with Crippen LogP contribution in [0.4, 0.5) is 0 Å². The van der Waals surface area contributed by atoms with E-state index in [1.807, 2.05) is 67.8 Å². The first-order chi connectivity index (χ1) is 69.7. The molecule has 0 fully saturated rings. The lowest BCUT2D eigenvalue weighted by Crippen LogP contribution is -2.32. The minimum atomic E-state index is -2.24. The van der Waals surface area contributed by atoms with E-state index in [0.717, 1.165) is 101 Å². The van der Waals surface area contributed by atoms with Crippen molar-refractivity contribution in [1.82, 2.24) is 38.2 Å². The van der Waals surface area contributed by atoms with E-state index in [4.69, 9.17) is 18.2 Å². The topological polar surface area (TPSA) is 86.8 Å². The predicted octanol–water partition coefficient (Wildman–Crippen LogP) is 29.0. The summed E-state index contributed by atoms with van der Waals surface area (Å²) in [4.78, 5) is 18.9. The maximum atomic E-state index is 8.54. The van der Waals surface area contributed by atoms with Gasteiger partial charge in [-0.2, -0.15) is 18.3 Å². The summed E-state index contributed by atoms with van der Waals surface area (Å²) in [5.41, 5.74) is 43.1. The Balaban J connectivity index is 0.000000115. The minimum Gasteiger partial charge on any atom is -0.260 e. The molecule has 0 aliphatic heterocycles. The van der Waals surface area contributed by atoms with Gasteiger partial charge in [-0.1, -0.05) is 287 Å². The maximum absolute atomic E-state index is 8.54. The van der Waals surface area contributed by atoms with Crippen LogP contribution in [0.25, 0.3) is 157 Å². The summed E-state index contributed by atoms with van der Waals surface area (Å²) in [5, 5.41) is 0. The molecule has 0 N–H and O–H groups in total. The number of para-hydroxylation sites is 12. The smallest absolute Gasteiger partial charge is 0.260 e. The Hall–Kier alpha value is -14.9. The molecular formula is C128H128N12+4. The SMILES string of the molecule is Cc1cc2c(cc1-c1n(-c3c(C(C)C)cccc3C(C)C)c3ccccc3[n+]1C)C(C)(C)c1ncccc1-2.Cc1ccc2c(c1-c1n(-c3ccccc3)c3ccccc3[n+]1C)C(C)(C)c1ncccc1-2.[2H]C([2H])([2H])C1(C)c2cc(C)c(-c3n(-c4c(C(C)C)cccc4C(C)C)c4ccccc4[n+]3C)cc2-c2cccnc21.[2H]C([2H])([2H])C1(C)c2cc(C)c(-c3n(-c4ccccc4)c4ccccc4[n+]3C)cc2-c2cccnc21. The number of fused-ring (bicyclic) bond motifs is 16. The quantitative estimate of drug-likeness (QED) is 0.114. The zero-order valence-electron chi connectivity index (χ0n) is 90.7. The van der Waals surface area contributed by atoms with Gasteiger partial charge >= 0.3 is 0 Å². The molecule has 0 amide bonds. The molecule has 0 spiro atoms. The van der Waals surface area contributed by atoms with Gasteiger partial charge in [0.25, 0.3) is 23.3 Å². The molecule has 12 aromatic carbocycles. The molecule has 12 nitrogen and oxygen atoms in total. The van der Waals surface area contributed by atoms with E-state index in [2.05, 4.69) is 428 Å². The van der Waals surface area contributed by atoms with Gasteiger partial charge in [0.2, 0.25) is 0 Å². The summed E-state index contributed by atoms with van der Waals surface area (Å²) >= 11 is 0. The van der Waals surface area contributed by atoms with Gasteiger partial charge in [0.05, 0.1) is 73.2 Å². The Labute approximate surface area is 833 Å². The molecule has 4 aliphatic carbocycles. The fourth-order valence-electron chi connectivity index (χ4n) is 23.6. The van der Waals surface area contributed by atoms with Crippen LogP contribution in [0.3, 0.4) is 0 Å². The van der Waals surface area contributed by atoms with Crippen molar-refractivity contribution in [3.8, 4) is 113 Å². The lowest BCUT2D eigenvalue weighted by Gasteiger charge is -2.23. The summed E-state index contributed by atoms with van der Waals surface area (Å²) in [6.45, 7) is 35.3. The van der Waals surface area contributed by atoms with Crippen LogP contribution in [-0.2, 0) is 49.9 Å². The van der Waals surface area contributed by atoms with Crippen molar-refractivity contribution in [2.45, 2.75) is 184 Å². The molecule has 2 atom stereocenters. The first kappa shape index (κ1) is 84.4. The lowest BCUT2D eigenvalue weighted by atomic mass is 9.80. The zero-order chi connectivity index (χ0) is 103. The normalized spacial score (nSPS) is 16.1. The van der Waals surface area contributed by atoms with Gasteiger partial charge in [-0.15, -0.1) is 0 Å². The molecule has 0 bridgehead atoms. The molecule has 0 saturated heterocycles. The third kappa shape index (κ3) is 14.3. The van der Waals surface area contributed by atoms with E-state index in [1.165, 1.54) is 134 Å². The Morgan fingerprint density at radius 3 is 0.936 bits per heavy atom. The second-order valence-corrected chi connectivity index (χ2v) is 41.6. The van der Waals surface area contributed by atoms with Crippen molar-refractivity contribution in [2.24, 2.45) is 28.2 Å². The van der Waals surface area contributed by atoms with E-state index in [-0.39, 0.29) is 10.8 Å². The van der Waals surface area contributed by atoms with Crippen molar-refractivity contribution < 1.29 is 26.5 Å². The van der Waals surface area contributed by atoms with Crippen molar-refractivity contribution in [3.05, 3.63) is 406 Å². The second-order valence-electron chi connectivity index (χ2n) is 41.6. The highest BCUT2D eigenvalue weighted by molar-refractivity contribution is 5.93. The Bertz CT molecular complexity index is 8620. The van der Waals surface area contributed by atoms with E-state index in [0.29, 0.717) is 35.1 Å². The molecule has 24 rings (SSSR count). The van der Waals surface area contributed by atoms with Gasteiger partial charge in [0.15, 0.2) is 44.1 Å². The number of aromatic nitrogens is 12. The van der Waals surface area contributed by atoms with Crippen molar-refractivity contribution >= 4 is 44.1 Å². The van der Waals surface area contributed by atoms with Crippen LogP contribution in [-0.4, -0.2) is 38.2 Å². The van der Waals surface area contributed by atoms with Crippen LogP contribution >= 0.6 is 0 Å². The van der Waals surface area contributed by atoms with E-state index < -0.39 is 24.5 Å². The highest BCUT2D eigenvalue weighted by Crippen LogP contribution is 2.56. The first-order valence-electron chi connectivity index (χ1n) is 52.5. The maximum Gasteiger partial charge on any atom is 0.295 e. The van der Waals surface area contributed by atoms with Gasteiger partial charge in [0, 0.05) is 99.2 Å². The largest absolute Gasteiger partial charge is 0.295 e. The zero-order valence-corrected chi connectivity index (χ0v) is 84.7. The average Bonchev–Trinajstić information content (AvgIpc) is 1.55. The molecule has 140 heavy (non-hydrogen) atoms. The highest BCUT2D eigenvalue weighted by atomic mass is 15.2.